The molecule has 0 atom stereocenters. The number of hydrogen-bond donors (Lipinski definition) is 2. The van der Waals surface area contributed by atoms with Crippen molar-refractivity contribution < 1.29 is 4.74 Å². The SMILES string of the molecule is COc1ccccc1Nc1nccc(-c2c[nH]c3ncccc23)n1. The second-order valence-corrected chi connectivity index (χ2v) is 5.19. The number of anilines is 2. The Kier molecular flexibility index (Phi) is 3.55. The van der Waals surface area contributed by atoms with E-state index in [1.54, 1.807) is 19.5 Å². The van der Waals surface area contributed by atoms with Gasteiger partial charge in [0.1, 0.15) is 11.4 Å². The van der Waals surface area contributed by atoms with Gasteiger partial charge in [-0.25, -0.2) is 15.0 Å². The van der Waals surface area contributed by atoms with Gasteiger partial charge >= 0.3 is 0 Å². The van der Waals surface area contributed by atoms with Crippen LogP contribution in [0.5, 0.6) is 5.75 Å². The second-order valence-electron chi connectivity index (χ2n) is 5.19. The van der Waals surface area contributed by atoms with Gasteiger partial charge in [0.2, 0.25) is 5.95 Å². The Labute approximate surface area is 138 Å². The van der Waals surface area contributed by atoms with Crippen LogP contribution in [0.2, 0.25) is 0 Å². The van der Waals surface area contributed by atoms with Crippen molar-refractivity contribution in [3.63, 3.8) is 0 Å². The minimum absolute atomic E-state index is 0.509. The number of nitrogens with one attached hydrogen (secondary N) is 2. The van der Waals surface area contributed by atoms with Crippen molar-refractivity contribution in [1.82, 2.24) is 19.9 Å². The molecular formula is C18H15N5O. The van der Waals surface area contributed by atoms with Crippen LogP contribution in [0.25, 0.3) is 22.3 Å². The first-order valence-electron chi connectivity index (χ1n) is 7.51. The van der Waals surface area contributed by atoms with Crippen LogP contribution in [0.1, 0.15) is 0 Å². The molecule has 0 radical (unpaired) electrons. The Bertz CT molecular complexity index is 995. The average Bonchev–Trinajstić information content (AvgIpc) is 3.06. The molecule has 0 fully saturated rings. The number of ether oxygens (including phenoxy) is 1. The predicted molar refractivity (Wildman–Crippen MR) is 93.4 cm³/mol. The average molecular weight is 317 g/mol. The summed E-state index contributed by atoms with van der Waals surface area (Å²) in [6.45, 7) is 0. The lowest BCUT2D eigenvalue weighted by atomic mass is 10.1. The van der Waals surface area contributed by atoms with Gasteiger partial charge in [-0.15, -0.1) is 0 Å². The smallest absolute Gasteiger partial charge is 0.227 e. The molecule has 6 heteroatoms. The van der Waals surface area contributed by atoms with E-state index in [0.717, 1.165) is 33.7 Å². The quantitative estimate of drug-likeness (QED) is 0.599. The van der Waals surface area contributed by atoms with E-state index in [2.05, 4.69) is 25.3 Å². The standard InChI is InChI=1S/C18H15N5O/c1-24-16-7-3-2-6-15(16)23-18-20-10-8-14(22-18)13-11-21-17-12(13)5-4-9-19-17/h2-11H,1H3,(H,19,21)(H,20,22,23). The minimum atomic E-state index is 0.509. The largest absolute Gasteiger partial charge is 0.495 e. The van der Waals surface area contributed by atoms with Crippen LogP contribution in [-0.4, -0.2) is 27.0 Å². The highest BCUT2D eigenvalue weighted by Crippen LogP contribution is 2.28. The number of pyridine rings is 1. The second kappa shape index (κ2) is 6.00. The minimum Gasteiger partial charge on any atom is -0.495 e. The van der Waals surface area contributed by atoms with Gasteiger partial charge < -0.3 is 15.0 Å². The molecular weight excluding hydrogens is 302 g/mol. The molecule has 4 aromatic rings. The van der Waals surface area contributed by atoms with Crippen LogP contribution in [0.15, 0.2) is 61.1 Å². The highest BCUT2D eigenvalue weighted by atomic mass is 16.5. The molecule has 0 spiro atoms. The van der Waals surface area contributed by atoms with Gasteiger partial charge in [0.15, 0.2) is 0 Å². The lowest BCUT2D eigenvalue weighted by Gasteiger charge is -2.10. The Morgan fingerprint density at radius 2 is 1.92 bits per heavy atom. The van der Waals surface area contributed by atoms with Crippen molar-refractivity contribution in [3.8, 4) is 17.0 Å². The maximum Gasteiger partial charge on any atom is 0.227 e. The summed E-state index contributed by atoms with van der Waals surface area (Å²) >= 11 is 0. The third-order valence-corrected chi connectivity index (χ3v) is 3.74. The molecule has 0 aliphatic carbocycles. The van der Waals surface area contributed by atoms with E-state index in [1.807, 2.05) is 48.7 Å². The van der Waals surface area contributed by atoms with Crippen LogP contribution in [0.3, 0.4) is 0 Å². The van der Waals surface area contributed by atoms with E-state index >= 15 is 0 Å². The summed E-state index contributed by atoms with van der Waals surface area (Å²) in [4.78, 5) is 16.4. The van der Waals surface area contributed by atoms with Gasteiger partial charge in [-0.3, -0.25) is 0 Å². The Morgan fingerprint density at radius 3 is 2.83 bits per heavy atom. The van der Waals surface area contributed by atoms with Gasteiger partial charge in [0.25, 0.3) is 0 Å². The van der Waals surface area contributed by atoms with E-state index in [1.165, 1.54) is 0 Å². The molecule has 3 heterocycles. The van der Waals surface area contributed by atoms with Crippen LogP contribution >= 0.6 is 0 Å². The molecule has 118 valence electrons. The zero-order valence-electron chi connectivity index (χ0n) is 13.0. The van der Waals surface area contributed by atoms with Crippen LogP contribution in [-0.2, 0) is 0 Å². The number of benzene rings is 1. The molecule has 3 aromatic heterocycles. The molecule has 0 aliphatic heterocycles. The summed E-state index contributed by atoms with van der Waals surface area (Å²) in [6.07, 6.45) is 5.40. The Balaban J connectivity index is 1.71. The summed E-state index contributed by atoms with van der Waals surface area (Å²) in [5, 5.41) is 4.23. The first-order valence-corrected chi connectivity index (χ1v) is 7.51. The molecule has 0 amide bonds. The van der Waals surface area contributed by atoms with Gasteiger partial charge in [-0.05, 0) is 30.3 Å². The van der Waals surface area contributed by atoms with Crippen molar-refractivity contribution in [2.75, 3.05) is 12.4 Å². The van der Waals surface area contributed by atoms with Gasteiger partial charge in [-0.1, -0.05) is 12.1 Å². The van der Waals surface area contributed by atoms with Crippen LogP contribution < -0.4 is 10.1 Å². The molecule has 0 saturated carbocycles. The summed E-state index contributed by atoms with van der Waals surface area (Å²) in [7, 11) is 1.64. The highest BCUT2D eigenvalue weighted by Gasteiger charge is 2.10. The Hall–Kier alpha value is -3.41. The monoisotopic (exact) mass is 317 g/mol. The maximum absolute atomic E-state index is 5.35. The highest BCUT2D eigenvalue weighted by molar-refractivity contribution is 5.92. The summed E-state index contributed by atoms with van der Waals surface area (Å²) in [5.41, 5.74) is 3.47. The predicted octanol–water partition coefficient (Wildman–Crippen LogP) is 3.77. The zero-order valence-corrected chi connectivity index (χ0v) is 13.0. The fourth-order valence-corrected chi connectivity index (χ4v) is 2.61. The number of fused-ring (bicyclic) bond motifs is 1. The molecule has 1 aromatic carbocycles. The van der Waals surface area contributed by atoms with Gasteiger partial charge in [-0.2, -0.15) is 0 Å². The molecule has 2 N–H and O–H groups in total. The van der Waals surface area contributed by atoms with E-state index in [0.29, 0.717) is 5.95 Å². The lowest BCUT2D eigenvalue weighted by Crippen LogP contribution is -1.99. The number of H-pyrrole nitrogens is 1. The zero-order chi connectivity index (χ0) is 16.4. The number of aromatic amines is 1. The summed E-state index contributed by atoms with van der Waals surface area (Å²) in [5.74, 6) is 1.25. The van der Waals surface area contributed by atoms with E-state index in [-0.39, 0.29) is 0 Å². The van der Waals surface area contributed by atoms with Crippen molar-refractivity contribution in [3.05, 3.63) is 61.1 Å². The molecule has 24 heavy (non-hydrogen) atoms. The molecule has 0 aliphatic rings. The van der Waals surface area contributed by atoms with Crippen molar-refractivity contribution >= 4 is 22.7 Å². The van der Waals surface area contributed by atoms with Crippen molar-refractivity contribution in [2.45, 2.75) is 0 Å². The van der Waals surface area contributed by atoms with Crippen LogP contribution in [0.4, 0.5) is 11.6 Å². The third kappa shape index (κ3) is 2.54. The maximum atomic E-state index is 5.35. The molecule has 0 saturated heterocycles. The van der Waals surface area contributed by atoms with E-state index in [9.17, 15) is 0 Å². The molecule has 6 nitrogen and oxygen atoms in total. The lowest BCUT2D eigenvalue weighted by molar-refractivity contribution is 0.417. The molecule has 0 bridgehead atoms. The first-order chi connectivity index (χ1) is 11.8. The van der Waals surface area contributed by atoms with Gasteiger partial charge in [0, 0.05) is 29.5 Å². The van der Waals surface area contributed by atoms with Gasteiger partial charge in [0.05, 0.1) is 18.5 Å². The topological polar surface area (TPSA) is 75.7 Å². The van der Waals surface area contributed by atoms with Crippen LogP contribution in [0, 0.1) is 0 Å². The van der Waals surface area contributed by atoms with Crippen molar-refractivity contribution in [1.29, 1.82) is 0 Å². The number of para-hydroxylation sites is 2. The summed E-state index contributed by atoms with van der Waals surface area (Å²) < 4.78 is 5.35. The number of methoxy groups -OCH3 is 1. The number of nitrogens with zero attached hydrogens (tertiary/aromatic N) is 3. The Morgan fingerprint density at radius 1 is 1.00 bits per heavy atom. The molecule has 4 rings (SSSR count). The fraction of sp³-hybridized carbons (Fsp3) is 0.0556. The first kappa shape index (κ1) is 14.2. The normalized spacial score (nSPS) is 10.7. The number of aromatic nitrogens is 4. The fourth-order valence-electron chi connectivity index (χ4n) is 2.61. The van der Waals surface area contributed by atoms with E-state index in [4.69, 9.17) is 4.74 Å². The third-order valence-electron chi connectivity index (χ3n) is 3.74. The number of rotatable bonds is 4. The molecule has 0 unspecified atom stereocenters. The number of hydrogen-bond acceptors (Lipinski definition) is 5. The van der Waals surface area contributed by atoms with Crippen molar-refractivity contribution in [2.24, 2.45) is 0 Å². The van der Waals surface area contributed by atoms with E-state index < -0.39 is 0 Å². The summed E-state index contributed by atoms with van der Waals surface area (Å²) in [6, 6.07) is 13.5.